The fraction of sp³-hybridized carbons (Fsp3) is 0.455. The second-order valence-corrected chi connectivity index (χ2v) is 4.15. The summed E-state index contributed by atoms with van der Waals surface area (Å²) in [5.41, 5.74) is 7.06. The van der Waals surface area contributed by atoms with E-state index in [4.69, 9.17) is 5.73 Å². The number of nitro groups is 1. The maximum atomic E-state index is 10.5. The van der Waals surface area contributed by atoms with Crippen LogP contribution >= 0.6 is 0 Å². The Morgan fingerprint density at radius 2 is 2.06 bits per heavy atom. The lowest BCUT2D eigenvalue weighted by atomic mass is 10.2. The molecule has 0 heterocycles. The van der Waals surface area contributed by atoms with E-state index in [1.807, 2.05) is 0 Å². The Hall–Kier alpha value is -1.78. The average Bonchev–Trinajstić information content (AvgIpc) is 2.73. The highest BCUT2D eigenvalue weighted by Crippen LogP contribution is 2.28. The number of nitrogens with zero attached hydrogens (tertiary/aromatic N) is 1. The first-order chi connectivity index (χ1) is 7.66. The SMILES string of the molecule is Nc1cc([N+](=O)[O-])ccc1NC1CCCC1. The highest BCUT2D eigenvalue weighted by atomic mass is 16.6. The zero-order valence-corrected chi connectivity index (χ0v) is 8.98. The fourth-order valence-corrected chi connectivity index (χ4v) is 2.09. The number of benzene rings is 1. The summed E-state index contributed by atoms with van der Waals surface area (Å²) in [5, 5.41) is 13.9. The minimum absolute atomic E-state index is 0.0365. The number of nitrogens with one attached hydrogen (secondary N) is 1. The van der Waals surface area contributed by atoms with Gasteiger partial charge in [-0.05, 0) is 18.9 Å². The molecule has 0 bridgehead atoms. The molecule has 3 N–H and O–H groups in total. The summed E-state index contributed by atoms with van der Waals surface area (Å²) < 4.78 is 0. The van der Waals surface area contributed by atoms with Gasteiger partial charge in [-0.1, -0.05) is 12.8 Å². The van der Waals surface area contributed by atoms with E-state index in [0.29, 0.717) is 11.7 Å². The molecule has 1 fully saturated rings. The molecule has 5 nitrogen and oxygen atoms in total. The molecule has 1 saturated carbocycles. The van der Waals surface area contributed by atoms with Crippen molar-refractivity contribution in [1.82, 2.24) is 0 Å². The molecule has 0 unspecified atom stereocenters. The van der Waals surface area contributed by atoms with Crippen molar-refractivity contribution in [3.8, 4) is 0 Å². The third kappa shape index (κ3) is 2.24. The highest BCUT2D eigenvalue weighted by Gasteiger charge is 2.16. The first kappa shape index (κ1) is 10.7. The number of hydrogen-bond donors (Lipinski definition) is 2. The van der Waals surface area contributed by atoms with Gasteiger partial charge in [-0.25, -0.2) is 0 Å². The van der Waals surface area contributed by atoms with Crippen molar-refractivity contribution >= 4 is 17.1 Å². The molecule has 16 heavy (non-hydrogen) atoms. The molecule has 1 aromatic carbocycles. The Morgan fingerprint density at radius 3 is 2.62 bits per heavy atom. The number of nitrogen functional groups attached to an aromatic ring is 1. The van der Waals surface area contributed by atoms with E-state index in [1.165, 1.54) is 25.0 Å². The summed E-state index contributed by atoms with van der Waals surface area (Å²) in [6.07, 6.45) is 4.78. The van der Waals surface area contributed by atoms with Gasteiger partial charge >= 0.3 is 0 Å². The van der Waals surface area contributed by atoms with Crippen LogP contribution in [0.25, 0.3) is 0 Å². The van der Waals surface area contributed by atoms with Crippen LogP contribution in [0.5, 0.6) is 0 Å². The van der Waals surface area contributed by atoms with Crippen LogP contribution in [0.15, 0.2) is 18.2 Å². The van der Waals surface area contributed by atoms with Crippen LogP contribution in [0.3, 0.4) is 0 Å². The number of rotatable bonds is 3. The molecule has 1 aromatic rings. The van der Waals surface area contributed by atoms with Crippen LogP contribution in [0.2, 0.25) is 0 Å². The molecule has 0 aliphatic heterocycles. The Kier molecular flexibility index (Phi) is 2.94. The first-order valence-electron chi connectivity index (χ1n) is 5.47. The van der Waals surface area contributed by atoms with Crippen molar-refractivity contribution in [2.45, 2.75) is 31.7 Å². The summed E-state index contributed by atoms with van der Waals surface area (Å²) in [6, 6.07) is 5.03. The van der Waals surface area contributed by atoms with Gasteiger partial charge in [-0.15, -0.1) is 0 Å². The van der Waals surface area contributed by atoms with Gasteiger partial charge in [0, 0.05) is 18.2 Å². The molecule has 0 radical (unpaired) electrons. The maximum Gasteiger partial charge on any atom is 0.271 e. The molecule has 86 valence electrons. The van der Waals surface area contributed by atoms with Crippen molar-refractivity contribution in [2.75, 3.05) is 11.1 Å². The van der Waals surface area contributed by atoms with Crippen LogP contribution < -0.4 is 11.1 Å². The van der Waals surface area contributed by atoms with Gasteiger partial charge in [0.2, 0.25) is 0 Å². The van der Waals surface area contributed by atoms with Gasteiger partial charge in [0.25, 0.3) is 5.69 Å². The highest BCUT2D eigenvalue weighted by molar-refractivity contribution is 5.69. The minimum Gasteiger partial charge on any atom is -0.397 e. The van der Waals surface area contributed by atoms with Gasteiger partial charge < -0.3 is 11.1 Å². The zero-order chi connectivity index (χ0) is 11.5. The summed E-state index contributed by atoms with van der Waals surface area (Å²) in [4.78, 5) is 10.1. The van der Waals surface area contributed by atoms with Gasteiger partial charge in [0.05, 0.1) is 16.3 Å². The Labute approximate surface area is 93.8 Å². The maximum absolute atomic E-state index is 10.5. The van der Waals surface area contributed by atoms with E-state index in [2.05, 4.69) is 5.32 Å². The molecule has 0 saturated heterocycles. The van der Waals surface area contributed by atoms with Gasteiger partial charge in [0.15, 0.2) is 0 Å². The fourth-order valence-electron chi connectivity index (χ4n) is 2.09. The molecule has 2 rings (SSSR count). The topological polar surface area (TPSA) is 81.2 Å². The predicted molar refractivity (Wildman–Crippen MR) is 63.4 cm³/mol. The molecule has 1 aliphatic carbocycles. The summed E-state index contributed by atoms with van der Waals surface area (Å²) in [6.45, 7) is 0. The second kappa shape index (κ2) is 4.38. The van der Waals surface area contributed by atoms with E-state index in [9.17, 15) is 10.1 Å². The van der Waals surface area contributed by atoms with Crippen LogP contribution in [0.4, 0.5) is 17.1 Å². The van der Waals surface area contributed by atoms with E-state index in [-0.39, 0.29) is 5.69 Å². The number of hydrogen-bond acceptors (Lipinski definition) is 4. The van der Waals surface area contributed by atoms with Gasteiger partial charge in [0.1, 0.15) is 0 Å². The van der Waals surface area contributed by atoms with Gasteiger partial charge in [-0.3, -0.25) is 10.1 Å². The third-order valence-corrected chi connectivity index (χ3v) is 2.96. The van der Waals surface area contributed by atoms with Crippen LogP contribution in [-0.4, -0.2) is 11.0 Å². The second-order valence-electron chi connectivity index (χ2n) is 4.15. The quantitative estimate of drug-likeness (QED) is 0.467. The normalized spacial score (nSPS) is 16.2. The molecule has 0 aromatic heterocycles. The first-order valence-corrected chi connectivity index (χ1v) is 5.47. The van der Waals surface area contributed by atoms with Crippen LogP contribution in [0, 0.1) is 10.1 Å². The Bertz CT molecular complexity index is 400. The number of non-ortho nitro benzene ring substituents is 1. The molecular weight excluding hydrogens is 206 g/mol. The zero-order valence-electron chi connectivity index (χ0n) is 8.98. The van der Waals surface area contributed by atoms with Crippen molar-refractivity contribution in [3.05, 3.63) is 28.3 Å². The number of anilines is 2. The largest absolute Gasteiger partial charge is 0.397 e. The van der Waals surface area contributed by atoms with Crippen molar-refractivity contribution < 1.29 is 4.92 Å². The molecule has 0 amide bonds. The van der Waals surface area contributed by atoms with Crippen molar-refractivity contribution in [1.29, 1.82) is 0 Å². The lowest BCUT2D eigenvalue weighted by Crippen LogP contribution is -2.15. The molecule has 5 heteroatoms. The van der Waals surface area contributed by atoms with E-state index in [0.717, 1.165) is 18.5 Å². The van der Waals surface area contributed by atoms with E-state index >= 15 is 0 Å². The van der Waals surface area contributed by atoms with Gasteiger partial charge in [-0.2, -0.15) is 0 Å². The summed E-state index contributed by atoms with van der Waals surface area (Å²) in [7, 11) is 0. The van der Waals surface area contributed by atoms with Crippen molar-refractivity contribution in [2.24, 2.45) is 0 Å². The van der Waals surface area contributed by atoms with Crippen molar-refractivity contribution in [3.63, 3.8) is 0 Å². The average molecular weight is 221 g/mol. The third-order valence-electron chi connectivity index (χ3n) is 2.96. The molecule has 0 spiro atoms. The molecular formula is C11H15N3O2. The lowest BCUT2D eigenvalue weighted by molar-refractivity contribution is -0.384. The Morgan fingerprint density at radius 1 is 1.38 bits per heavy atom. The van der Waals surface area contributed by atoms with E-state index < -0.39 is 4.92 Å². The van der Waals surface area contributed by atoms with Crippen LogP contribution in [-0.2, 0) is 0 Å². The minimum atomic E-state index is -0.435. The smallest absolute Gasteiger partial charge is 0.271 e. The lowest BCUT2D eigenvalue weighted by Gasteiger charge is -2.14. The molecule has 1 aliphatic rings. The predicted octanol–water partition coefficient (Wildman–Crippen LogP) is 2.53. The number of nitrogens with two attached hydrogens (primary N) is 1. The number of nitro benzene ring substituents is 1. The van der Waals surface area contributed by atoms with E-state index in [1.54, 1.807) is 6.07 Å². The monoisotopic (exact) mass is 221 g/mol. The molecule has 0 atom stereocenters. The standard InChI is InChI=1S/C11H15N3O2/c12-10-7-9(14(15)16)5-6-11(10)13-8-3-1-2-4-8/h5-8,13H,1-4,12H2. The Balaban J connectivity index is 2.12. The summed E-state index contributed by atoms with van der Waals surface area (Å²) in [5.74, 6) is 0. The van der Waals surface area contributed by atoms with Crippen LogP contribution in [0.1, 0.15) is 25.7 Å². The summed E-state index contributed by atoms with van der Waals surface area (Å²) >= 11 is 0.